The van der Waals surface area contributed by atoms with Gasteiger partial charge in [-0.1, -0.05) is 5.21 Å². The Labute approximate surface area is 122 Å². The van der Waals surface area contributed by atoms with Crippen molar-refractivity contribution in [3.05, 3.63) is 11.9 Å². The molecule has 21 heavy (non-hydrogen) atoms. The largest absolute Gasteiger partial charge is 0.480 e. The number of carboxylic acid groups (broad SMARTS) is 1. The van der Waals surface area contributed by atoms with E-state index in [0.717, 1.165) is 25.9 Å². The van der Waals surface area contributed by atoms with Crippen molar-refractivity contribution in [3.8, 4) is 0 Å². The summed E-state index contributed by atoms with van der Waals surface area (Å²) in [4.78, 5) is 24.5. The third kappa shape index (κ3) is 5.03. The van der Waals surface area contributed by atoms with E-state index in [9.17, 15) is 9.59 Å². The summed E-state index contributed by atoms with van der Waals surface area (Å²) in [5, 5.41) is 21.7. The highest BCUT2D eigenvalue weighted by atomic mass is 16.4. The minimum absolute atomic E-state index is 0.198. The van der Waals surface area contributed by atoms with Gasteiger partial charge in [0.2, 0.25) is 0 Å². The highest BCUT2D eigenvalue weighted by Crippen LogP contribution is 2.07. The van der Waals surface area contributed by atoms with E-state index in [1.54, 1.807) is 0 Å². The Morgan fingerprint density at radius 3 is 2.81 bits per heavy atom. The average Bonchev–Trinajstić information content (AvgIpc) is 2.86. The van der Waals surface area contributed by atoms with Gasteiger partial charge in [-0.15, -0.1) is 5.10 Å². The summed E-state index contributed by atoms with van der Waals surface area (Å²) in [7, 11) is 2.07. The predicted octanol–water partition coefficient (Wildman–Crippen LogP) is -0.744. The van der Waals surface area contributed by atoms with Gasteiger partial charge in [-0.25, -0.2) is 9.48 Å². The van der Waals surface area contributed by atoms with Crippen LogP contribution in [0.25, 0.3) is 0 Å². The van der Waals surface area contributed by atoms with Crippen LogP contribution in [0.15, 0.2) is 6.20 Å². The topological polar surface area (TPSA) is 112 Å². The van der Waals surface area contributed by atoms with Crippen LogP contribution in [0, 0.1) is 0 Å². The summed E-state index contributed by atoms with van der Waals surface area (Å²) < 4.78 is 1.22. The van der Waals surface area contributed by atoms with Gasteiger partial charge in [0.05, 0.1) is 12.7 Å². The van der Waals surface area contributed by atoms with E-state index in [0.29, 0.717) is 5.69 Å². The highest BCUT2D eigenvalue weighted by Gasteiger charge is 2.18. The number of piperidine rings is 1. The van der Waals surface area contributed by atoms with Gasteiger partial charge in [0.1, 0.15) is 12.2 Å². The van der Waals surface area contributed by atoms with E-state index in [4.69, 9.17) is 5.11 Å². The normalized spacial score (nSPS) is 16.6. The maximum absolute atomic E-state index is 11.8. The number of nitrogens with one attached hydrogen (secondary N) is 2. The minimum atomic E-state index is -0.987. The molecule has 0 aromatic carbocycles. The Morgan fingerprint density at radius 1 is 1.43 bits per heavy atom. The fourth-order valence-electron chi connectivity index (χ4n) is 2.20. The van der Waals surface area contributed by atoms with Crippen molar-refractivity contribution >= 4 is 12.0 Å². The standard InChI is InChI=1S/C12H20N6O3/c1-17-4-2-9(3-5-17)14-12(21)13-6-10-7-18(16-15-10)8-11(19)20/h7,9H,2-6,8H2,1H3,(H,19,20)(H2,13,14,21). The molecule has 2 rings (SSSR count). The number of hydrogen-bond donors (Lipinski definition) is 3. The molecule has 1 aliphatic heterocycles. The number of likely N-dealkylation sites (tertiary alicyclic amines) is 1. The number of urea groups is 1. The first-order chi connectivity index (χ1) is 10.0. The van der Waals surface area contributed by atoms with Gasteiger partial charge in [-0.05, 0) is 33.0 Å². The molecule has 0 saturated carbocycles. The molecule has 0 radical (unpaired) electrons. The zero-order valence-electron chi connectivity index (χ0n) is 11.9. The van der Waals surface area contributed by atoms with Crippen LogP contribution in [0.5, 0.6) is 0 Å². The van der Waals surface area contributed by atoms with Crippen LogP contribution in [-0.4, -0.2) is 63.2 Å². The maximum Gasteiger partial charge on any atom is 0.325 e. The molecule has 1 saturated heterocycles. The summed E-state index contributed by atoms with van der Waals surface area (Å²) >= 11 is 0. The number of carbonyl (C=O) groups is 2. The van der Waals surface area contributed by atoms with Crippen molar-refractivity contribution in [3.63, 3.8) is 0 Å². The van der Waals surface area contributed by atoms with Crippen LogP contribution < -0.4 is 10.6 Å². The Kier molecular flexibility index (Phi) is 5.09. The number of carbonyl (C=O) groups excluding carboxylic acids is 1. The molecule has 1 aliphatic rings. The molecule has 0 aliphatic carbocycles. The van der Waals surface area contributed by atoms with E-state index >= 15 is 0 Å². The lowest BCUT2D eigenvalue weighted by Crippen LogP contribution is -2.46. The summed E-state index contributed by atoms with van der Waals surface area (Å²) in [6, 6.07) is -0.0405. The number of aromatic nitrogens is 3. The molecular formula is C12H20N6O3. The quantitative estimate of drug-likeness (QED) is 0.659. The van der Waals surface area contributed by atoms with E-state index in [1.165, 1.54) is 10.9 Å². The van der Waals surface area contributed by atoms with E-state index in [-0.39, 0.29) is 25.2 Å². The van der Waals surface area contributed by atoms with Crippen molar-refractivity contribution < 1.29 is 14.7 Å². The van der Waals surface area contributed by atoms with Crippen molar-refractivity contribution in [2.45, 2.75) is 32.0 Å². The fourth-order valence-corrected chi connectivity index (χ4v) is 2.20. The van der Waals surface area contributed by atoms with Gasteiger partial charge >= 0.3 is 12.0 Å². The number of amides is 2. The molecule has 1 aromatic heterocycles. The Morgan fingerprint density at radius 2 is 2.14 bits per heavy atom. The molecule has 1 aromatic rings. The summed E-state index contributed by atoms with van der Waals surface area (Å²) in [6.45, 7) is 1.94. The number of nitrogens with zero attached hydrogens (tertiary/aromatic N) is 4. The number of aliphatic carboxylic acids is 1. The summed E-state index contributed by atoms with van der Waals surface area (Å²) in [6.07, 6.45) is 3.39. The summed E-state index contributed by atoms with van der Waals surface area (Å²) in [5.74, 6) is -0.987. The van der Waals surface area contributed by atoms with Crippen LogP contribution in [0.4, 0.5) is 4.79 Å². The maximum atomic E-state index is 11.8. The third-order valence-electron chi connectivity index (χ3n) is 3.37. The molecule has 3 N–H and O–H groups in total. The fraction of sp³-hybridized carbons (Fsp3) is 0.667. The molecule has 9 nitrogen and oxygen atoms in total. The molecular weight excluding hydrogens is 276 g/mol. The number of carboxylic acids is 1. The summed E-state index contributed by atoms with van der Waals surface area (Å²) in [5.41, 5.74) is 0.523. The van der Waals surface area contributed by atoms with Gasteiger partial charge < -0.3 is 20.6 Å². The molecule has 0 unspecified atom stereocenters. The first-order valence-corrected chi connectivity index (χ1v) is 6.86. The number of rotatable bonds is 5. The minimum Gasteiger partial charge on any atom is -0.480 e. The predicted molar refractivity (Wildman–Crippen MR) is 73.5 cm³/mol. The molecule has 1 fully saturated rings. The van der Waals surface area contributed by atoms with Crippen LogP contribution >= 0.6 is 0 Å². The zero-order chi connectivity index (χ0) is 15.2. The van der Waals surface area contributed by atoms with Gasteiger partial charge in [-0.2, -0.15) is 0 Å². The second kappa shape index (κ2) is 7.02. The lowest BCUT2D eigenvalue weighted by Gasteiger charge is -2.29. The van der Waals surface area contributed by atoms with E-state index in [2.05, 4.69) is 32.9 Å². The smallest absolute Gasteiger partial charge is 0.325 e. The molecule has 2 heterocycles. The van der Waals surface area contributed by atoms with Gasteiger partial charge in [0.15, 0.2) is 0 Å². The highest BCUT2D eigenvalue weighted by molar-refractivity contribution is 5.74. The first kappa shape index (κ1) is 15.2. The molecule has 9 heteroatoms. The molecule has 0 spiro atoms. The van der Waals surface area contributed by atoms with Crippen LogP contribution in [-0.2, 0) is 17.9 Å². The Balaban J connectivity index is 1.71. The Hall–Kier alpha value is -2.16. The monoisotopic (exact) mass is 296 g/mol. The lowest BCUT2D eigenvalue weighted by atomic mass is 10.1. The first-order valence-electron chi connectivity index (χ1n) is 6.86. The zero-order valence-corrected chi connectivity index (χ0v) is 11.9. The average molecular weight is 296 g/mol. The van der Waals surface area contributed by atoms with Gasteiger partial charge in [0.25, 0.3) is 0 Å². The van der Waals surface area contributed by atoms with Crippen LogP contribution in [0.2, 0.25) is 0 Å². The van der Waals surface area contributed by atoms with Crippen LogP contribution in [0.1, 0.15) is 18.5 Å². The second-order valence-corrected chi connectivity index (χ2v) is 5.21. The second-order valence-electron chi connectivity index (χ2n) is 5.21. The molecule has 0 bridgehead atoms. The third-order valence-corrected chi connectivity index (χ3v) is 3.37. The van der Waals surface area contributed by atoms with E-state index in [1.807, 2.05) is 0 Å². The van der Waals surface area contributed by atoms with Crippen LogP contribution in [0.3, 0.4) is 0 Å². The SMILES string of the molecule is CN1CCC(NC(=O)NCc2cn(CC(=O)O)nn2)CC1. The molecule has 2 amide bonds. The van der Waals surface area contributed by atoms with Crippen molar-refractivity contribution in [2.75, 3.05) is 20.1 Å². The van der Waals surface area contributed by atoms with Crippen molar-refractivity contribution in [2.24, 2.45) is 0 Å². The van der Waals surface area contributed by atoms with Gasteiger partial charge in [-0.3, -0.25) is 4.79 Å². The Bertz CT molecular complexity index is 495. The lowest BCUT2D eigenvalue weighted by molar-refractivity contribution is -0.137. The van der Waals surface area contributed by atoms with Crippen molar-refractivity contribution in [1.82, 2.24) is 30.5 Å². The van der Waals surface area contributed by atoms with Crippen molar-refractivity contribution in [1.29, 1.82) is 0 Å². The number of hydrogen-bond acceptors (Lipinski definition) is 5. The van der Waals surface area contributed by atoms with E-state index < -0.39 is 5.97 Å². The molecule has 0 atom stereocenters. The molecule has 116 valence electrons. The van der Waals surface area contributed by atoms with Gasteiger partial charge in [0, 0.05) is 6.04 Å².